The molecule has 2 N–H and O–H groups in total. The van der Waals surface area contributed by atoms with Crippen LogP contribution in [0.15, 0.2) is 18.2 Å². The fraction of sp³-hybridized carbons (Fsp3) is 0.538. The molecule has 1 saturated heterocycles. The van der Waals surface area contributed by atoms with Gasteiger partial charge in [-0.3, -0.25) is 15.0 Å². The van der Waals surface area contributed by atoms with Crippen molar-refractivity contribution in [3.8, 4) is 0 Å². The van der Waals surface area contributed by atoms with E-state index >= 15 is 0 Å². The summed E-state index contributed by atoms with van der Waals surface area (Å²) in [5, 5.41) is 11.0. The first-order valence-corrected chi connectivity index (χ1v) is 6.77. The van der Waals surface area contributed by atoms with Gasteiger partial charge < -0.3 is 5.73 Å². The summed E-state index contributed by atoms with van der Waals surface area (Å²) in [4.78, 5) is 12.7. The van der Waals surface area contributed by atoms with Crippen molar-refractivity contribution < 1.29 is 4.92 Å². The zero-order chi connectivity index (χ0) is 14.0. The van der Waals surface area contributed by atoms with Crippen LogP contribution in [-0.4, -0.2) is 28.5 Å². The number of rotatable bonds is 3. The van der Waals surface area contributed by atoms with Gasteiger partial charge in [0.05, 0.1) is 4.92 Å². The molecule has 1 fully saturated rings. The first kappa shape index (κ1) is 14.2. The Labute approximate surface area is 117 Å². The quantitative estimate of drug-likeness (QED) is 0.683. The van der Waals surface area contributed by atoms with Crippen molar-refractivity contribution >= 4 is 17.3 Å². The second-order valence-corrected chi connectivity index (χ2v) is 5.55. The first-order chi connectivity index (χ1) is 8.97. The smallest absolute Gasteiger partial charge is 0.288 e. The number of likely N-dealkylation sites (tertiary alicyclic amines) is 1. The lowest BCUT2D eigenvalue weighted by Gasteiger charge is -2.36. The van der Waals surface area contributed by atoms with Crippen LogP contribution in [0.5, 0.6) is 0 Å². The zero-order valence-corrected chi connectivity index (χ0v) is 11.6. The van der Waals surface area contributed by atoms with Gasteiger partial charge in [0.2, 0.25) is 0 Å². The maximum Gasteiger partial charge on any atom is 0.288 e. The average molecular weight is 284 g/mol. The van der Waals surface area contributed by atoms with Crippen LogP contribution in [-0.2, 0) is 6.54 Å². The summed E-state index contributed by atoms with van der Waals surface area (Å²) in [6.07, 6.45) is 1.94. The van der Waals surface area contributed by atoms with Gasteiger partial charge in [-0.1, -0.05) is 17.7 Å². The van der Waals surface area contributed by atoms with E-state index in [-0.39, 0.29) is 16.8 Å². The van der Waals surface area contributed by atoms with E-state index in [0.29, 0.717) is 12.6 Å². The molecular weight excluding hydrogens is 266 g/mol. The van der Waals surface area contributed by atoms with Gasteiger partial charge in [-0.2, -0.15) is 0 Å². The second-order valence-electron chi connectivity index (χ2n) is 5.15. The molecule has 19 heavy (non-hydrogen) atoms. The summed E-state index contributed by atoms with van der Waals surface area (Å²) in [5.41, 5.74) is 6.82. The standard InChI is InChI=1S/C13H18ClN3O2/c1-9-6-11(15)4-5-16(9)8-10-2-3-12(14)13(7-10)17(18)19/h2-3,7,9,11H,4-6,8,15H2,1H3. The van der Waals surface area contributed by atoms with Crippen LogP contribution in [0.3, 0.4) is 0 Å². The summed E-state index contributed by atoms with van der Waals surface area (Å²) in [7, 11) is 0. The molecule has 2 rings (SSSR count). The van der Waals surface area contributed by atoms with Crippen molar-refractivity contribution in [1.82, 2.24) is 4.90 Å². The number of hydrogen-bond donors (Lipinski definition) is 1. The Balaban J connectivity index is 2.11. The number of nitro benzene ring substituents is 1. The van der Waals surface area contributed by atoms with E-state index in [1.165, 1.54) is 0 Å². The maximum atomic E-state index is 10.9. The van der Waals surface area contributed by atoms with E-state index in [0.717, 1.165) is 24.9 Å². The topological polar surface area (TPSA) is 72.4 Å². The number of benzene rings is 1. The molecular formula is C13H18ClN3O2. The van der Waals surface area contributed by atoms with Crippen LogP contribution in [0.25, 0.3) is 0 Å². The van der Waals surface area contributed by atoms with Crippen molar-refractivity contribution in [3.63, 3.8) is 0 Å². The predicted molar refractivity (Wildman–Crippen MR) is 75.2 cm³/mol. The molecule has 1 aliphatic rings. The molecule has 0 saturated carbocycles. The molecule has 5 nitrogen and oxygen atoms in total. The van der Waals surface area contributed by atoms with Gasteiger partial charge in [-0.15, -0.1) is 0 Å². The van der Waals surface area contributed by atoms with Crippen molar-refractivity contribution in [3.05, 3.63) is 38.9 Å². The van der Waals surface area contributed by atoms with E-state index in [4.69, 9.17) is 17.3 Å². The van der Waals surface area contributed by atoms with E-state index in [1.807, 2.05) is 6.07 Å². The first-order valence-electron chi connectivity index (χ1n) is 6.40. The summed E-state index contributed by atoms with van der Waals surface area (Å²) in [5.74, 6) is 0. The molecule has 0 radical (unpaired) electrons. The van der Waals surface area contributed by atoms with Crippen molar-refractivity contribution in [2.75, 3.05) is 6.54 Å². The summed E-state index contributed by atoms with van der Waals surface area (Å²) >= 11 is 5.81. The van der Waals surface area contributed by atoms with Crippen LogP contribution < -0.4 is 5.73 Å². The normalized spacial score (nSPS) is 24.4. The van der Waals surface area contributed by atoms with E-state index in [9.17, 15) is 10.1 Å². The Morgan fingerprint density at radius 1 is 1.58 bits per heavy atom. The van der Waals surface area contributed by atoms with Gasteiger partial charge >= 0.3 is 0 Å². The number of nitrogens with two attached hydrogens (primary N) is 1. The fourth-order valence-electron chi connectivity index (χ4n) is 2.52. The molecule has 0 aromatic heterocycles. The molecule has 1 heterocycles. The van der Waals surface area contributed by atoms with Crippen LogP contribution in [0.1, 0.15) is 25.3 Å². The minimum absolute atomic E-state index is 0.0273. The van der Waals surface area contributed by atoms with Crippen molar-refractivity contribution in [2.24, 2.45) is 5.73 Å². The van der Waals surface area contributed by atoms with Crippen LogP contribution in [0, 0.1) is 10.1 Å². The Bertz CT molecular complexity index is 481. The Hall–Kier alpha value is -1.17. The fourth-order valence-corrected chi connectivity index (χ4v) is 2.71. The summed E-state index contributed by atoms with van der Waals surface area (Å²) in [6, 6.07) is 5.67. The molecule has 0 spiro atoms. The third-order valence-corrected chi connectivity index (χ3v) is 3.97. The highest BCUT2D eigenvalue weighted by molar-refractivity contribution is 6.32. The van der Waals surface area contributed by atoms with Gasteiger partial charge in [-0.25, -0.2) is 0 Å². The number of nitro groups is 1. The zero-order valence-electron chi connectivity index (χ0n) is 10.9. The molecule has 104 valence electrons. The Kier molecular flexibility index (Phi) is 4.39. The molecule has 2 unspecified atom stereocenters. The van der Waals surface area contributed by atoms with Gasteiger partial charge in [0.25, 0.3) is 5.69 Å². The van der Waals surface area contributed by atoms with Crippen LogP contribution >= 0.6 is 11.6 Å². The van der Waals surface area contributed by atoms with E-state index in [2.05, 4.69) is 11.8 Å². The highest BCUT2D eigenvalue weighted by Gasteiger charge is 2.23. The van der Waals surface area contributed by atoms with Gasteiger partial charge in [0, 0.05) is 31.2 Å². The van der Waals surface area contributed by atoms with Crippen LogP contribution in [0.2, 0.25) is 5.02 Å². The average Bonchev–Trinajstić information content (AvgIpc) is 2.34. The summed E-state index contributed by atoms with van der Waals surface area (Å²) in [6.45, 7) is 3.77. The second kappa shape index (κ2) is 5.86. The van der Waals surface area contributed by atoms with Crippen molar-refractivity contribution in [2.45, 2.75) is 38.4 Å². The predicted octanol–water partition coefficient (Wildman–Crippen LogP) is 2.56. The lowest BCUT2D eigenvalue weighted by Crippen LogP contribution is -2.44. The van der Waals surface area contributed by atoms with E-state index < -0.39 is 4.92 Å². The lowest BCUT2D eigenvalue weighted by molar-refractivity contribution is -0.384. The van der Waals surface area contributed by atoms with Crippen molar-refractivity contribution in [1.29, 1.82) is 0 Å². The van der Waals surface area contributed by atoms with Gasteiger partial charge in [-0.05, 0) is 31.4 Å². The van der Waals surface area contributed by atoms with Gasteiger partial charge in [0.1, 0.15) is 5.02 Å². The molecule has 1 aliphatic heterocycles. The maximum absolute atomic E-state index is 10.9. The largest absolute Gasteiger partial charge is 0.328 e. The number of hydrogen-bond acceptors (Lipinski definition) is 4. The minimum Gasteiger partial charge on any atom is -0.328 e. The molecule has 6 heteroatoms. The monoisotopic (exact) mass is 283 g/mol. The van der Waals surface area contributed by atoms with E-state index in [1.54, 1.807) is 12.1 Å². The third-order valence-electron chi connectivity index (χ3n) is 3.65. The highest BCUT2D eigenvalue weighted by Crippen LogP contribution is 2.27. The minimum atomic E-state index is -0.443. The SMILES string of the molecule is CC1CC(N)CCN1Cc1ccc(Cl)c([N+](=O)[O-])c1. The number of nitrogens with zero attached hydrogens (tertiary/aromatic N) is 2. The molecule has 1 aromatic carbocycles. The Morgan fingerprint density at radius 3 is 2.95 bits per heavy atom. The van der Waals surface area contributed by atoms with Gasteiger partial charge in [0.15, 0.2) is 0 Å². The highest BCUT2D eigenvalue weighted by atomic mass is 35.5. The molecule has 0 aliphatic carbocycles. The third kappa shape index (κ3) is 3.43. The molecule has 2 atom stereocenters. The molecule has 0 bridgehead atoms. The lowest BCUT2D eigenvalue weighted by atomic mass is 9.98. The summed E-state index contributed by atoms with van der Waals surface area (Å²) < 4.78 is 0. The molecule has 1 aromatic rings. The number of halogens is 1. The molecule has 0 amide bonds. The number of piperidine rings is 1. The Morgan fingerprint density at radius 2 is 2.32 bits per heavy atom. The van der Waals surface area contributed by atoms with Crippen LogP contribution in [0.4, 0.5) is 5.69 Å².